The molecule has 0 saturated carbocycles. The Morgan fingerprint density at radius 2 is 2.06 bits per heavy atom. The molecule has 1 aromatic rings. The van der Waals surface area contributed by atoms with Crippen molar-refractivity contribution in [3.63, 3.8) is 0 Å². The molecule has 1 aromatic carbocycles. The molecule has 0 aliphatic carbocycles. The van der Waals surface area contributed by atoms with Crippen LogP contribution in [0.25, 0.3) is 6.08 Å². The Balaban J connectivity index is 3.23. The lowest BCUT2D eigenvalue weighted by atomic mass is 10.2. The smallest absolute Gasteiger partial charge is 0.328 e. The summed E-state index contributed by atoms with van der Waals surface area (Å²) >= 11 is 0. The van der Waals surface area contributed by atoms with Crippen molar-refractivity contribution in [1.82, 2.24) is 0 Å². The number of rotatable bonds is 4. The minimum Gasteiger partial charge on any atom is -0.495 e. The van der Waals surface area contributed by atoms with Crippen LogP contribution in [-0.2, 0) is 14.9 Å². The minimum absolute atomic E-state index is 0.0555. The second-order valence-corrected chi connectivity index (χ2v) is 4.45. The van der Waals surface area contributed by atoms with E-state index in [1.807, 2.05) is 0 Å². The van der Waals surface area contributed by atoms with Gasteiger partial charge in [-0.3, -0.25) is 4.55 Å². The average molecular weight is 258 g/mol. The van der Waals surface area contributed by atoms with Crippen molar-refractivity contribution in [3.05, 3.63) is 29.8 Å². The Kier molecular flexibility index (Phi) is 3.87. The largest absolute Gasteiger partial charge is 0.495 e. The molecule has 1 rings (SSSR count). The highest BCUT2D eigenvalue weighted by atomic mass is 32.2. The van der Waals surface area contributed by atoms with Gasteiger partial charge in [-0.15, -0.1) is 0 Å². The summed E-state index contributed by atoms with van der Waals surface area (Å²) in [6.07, 6.45) is 2.18. The zero-order valence-electron chi connectivity index (χ0n) is 8.82. The molecule has 0 aliphatic heterocycles. The lowest BCUT2D eigenvalue weighted by Crippen LogP contribution is -2.01. The molecule has 0 aliphatic rings. The van der Waals surface area contributed by atoms with Gasteiger partial charge in [0, 0.05) is 6.08 Å². The second kappa shape index (κ2) is 4.98. The Hall–Kier alpha value is -1.86. The van der Waals surface area contributed by atoms with E-state index >= 15 is 0 Å². The molecule has 92 valence electrons. The maximum atomic E-state index is 11.0. The van der Waals surface area contributed by atoms with Gasteiger partial charge < -0.3 is 9.84 Å². The zero-order chi connectivity index (χ0) is 13.1. The summed E-state index contributed by atoms with van der Waals surface area (Å²) < 4.78 is 35.6. The predicted octanol–water partition coefficient (Wildman–Crippen LogP) is 1.04. The van der Waals surface area contributed by atoms with Gasteiger partial charge in [0.15, 0.2) is 0 Å². The van der Waals surface area contributed by atoms with E-state index in [-0.39, 0.29) is 10.6 Å². The Morgan fingerprint density at radius 1 is 1.41 bits per heavy atom. The van der Waals surface area contributed by atoms with E-state index in [1.165, 1.54) is 25.3 Å². The molecule has 2 N–H and O–H groups in total. The van der Waals surface area contributed by atoms with Crippen LogP contribution in [0, 0.1) is 0 Å². The van der Waals surface area contributed by atoms with Crippen molar-refractivity contribution in [2.75, 3.05) is 7.11 Å². The highest BCUT2D eigenvalue weighted by Crippen LogP contribution is 2.25. The Morgan fingerprint density at radius 3 is 2.53 bits per heavy atom. The quantitative estimate of drug-likeness (QED) is 0.618. The summed E-state index contributed by atoms with van der Waals surface area (Å²) in [6.45, 7) is 0. The standard InChI is InChI=1S/C10H10O6S/c1-16-8-6-7(3-5-10(11)12)2-4-9(8)17(13,14)15/h2-6H,1H3,(H,11,12)(H,13,14,15)/b5-3+. The molecule has 17 heavy (non-hydrogen) atoms. The van der Waals surface area contributed by atoms with E-state index in [9.17, 15) is 13.2 Å². The van der Waals surface area contributed by atoms with Crippen molar-refractivity contribution < 1.29 is 27.6 Å². The van der Waals surface area contributed by atoms with E-state index in [0.717, 1.165) is 12.1 Å². The first-order valence-electron chi connectivity index (χ1n) is 4.41. The van der Waals surface area contributed by atoms with Crippen LogP contribution in [0.4, 0.5) is 0 Å². The van der Waals surface area contributed by atoms with Crippen molar-refractivity contribution in [3.8, 4) is 5.75 Å². The molecule has 0 unspecified atom stereocenters. The monoisotopic (exact) mass is 258 g/mol. The second-order valence-electron chi connectivity index (χ2n) is 3.06. The van der Waals surface area contributed by atoms with Crippen molar-refractivity contribution in [2.45, 2.75) is 4.90 Å². The summed E-state index contributed by atoms with van der Waals surface area (Å²) in [5.74, 6) is -1.18. The van der Waals surface area contributed by atoms with E-state index in [1.54, 1.807) is 0 Å². The lowest BCUT2D eigenvalue weighted by molar-refractivity contribution is -0.131. The number of methoxy groups -OCH3 is 1. The highest BCUT2D eigenvalue weighted by Gasteiger charge is 2.15. The van der Waals surface area contributed by atoms with Crippen LogP contribution >= 0.6 is 0 Å². The summed E-state index contributed by atoms with van der Waals surface area (Å²) in [5.41, 5.74) is 0.441. The molecule has 0 saturated heterocycles. The molecule has 0 aromatic heterocycles. The number of carboxylic acids is 1. The predicted molar refractivity (Wildman–Crippen MR) is 59.5 cm³/mol. The number of aliphatic carboxylic acids is 1. The van der Waals surface area contributed by atoms with E-state index in [2.05, 4.69) is 0 Å². The van der Waals surface area contributed by atoms with Crippen molar-refractivity contribution >= 4 is 22.2 Å². The zero-order valence-corrected chi connectivity index (χ0v) is 9.64. The third-order valence-corrected chi connectivity index (χ3v) is 2.78. The molecule has 0 heterocycles. The molecule has 0 atom stereocenters. The van der Waals surface area contributed by atoms with Crippen LogP contribution in [-0.4, -0.2) is 31.2 Å². The van der Waals surface area contributed by atoms with Gasteiger partial charge in [-0.1, -0.05) is 6.07 Å². The Bertz CT molecular complexity index is 558. The van der Waals surface area contributed by atoms with Gasteiger partial charge >= 0.3 is 5.97 Å². The van der Waals surface area contributed by atoms with E-state index < -0.39 is 16.1 Å². The first kappa shape index (κ1) is 13.2. The first-order chi connectivity index (χ1) is 7.84. The molecular formula is C10H10O6S. The average Bonchev–Trinajstić information content (AvgIpc) is 2.24. The van der Waals surface area contributed by atoms with Crippen LogP contribution in [0.5, 0.6) is 5.75 Å². The third kappa shape index (κ3) is 3.58. The minimum atomic E-state index is -4.36. The molecule has 0 amide bonds. The van der Waals surface area contributed by atoms with Crippen LogP contribution in [0.2, 0.25) is 0 Å². The summed E-state index contributed by atoms with van der Waals surface area (Å²) in [4.78, 5) is 9.93. The SMILES string of the molecule is COc1cc(/C=C/C(=O)O)ccc1S(=O)(=O)O. The normalized spacial score (nSPS) is 11.6. The Labute approximate surface area is 97.9 Å². The number of carbonyl (C=O) groups is 1. The fourth-order valence-corrected chi connectivity index (χ4v) is 1.80. The van der Waals surface area contributed by atoms with Crippen molar-refractivity contribution in [2.24, 2.45) is 0 Å². The highest BCUT2D eigenvalue weighted by molar-refractivity contribution is 7.86. The molecule has 0 radical (unpaired) electrons. The van der Waals surface area contributed by atoms with Gasteiger partial charge in [-0.05, 0) is 23.8 Å². The van der Waals surface area contributed by atoms with E-state index in [0.29, 0.717) is 5.56 Å². The lowest BCUT2D eigenvalue weighted by Gasteiger charge is -2.06. The summed E-state index contributed by atoms with van der Waals surface area (Å²) in [5, 5.41) is 8.43. The van der Waals surface area contributed by atoms with Gasteiger partial charge in [0.05, 0.1) is 7.11 Å². The number of benzene rings is 1. The molecule has 0 spiro atoms. The fourth-order valence-electron chi connectivity index (χ4n) is 1.17. The summed E-state index contributed by atoms with van der Waals surface area (Å²) in [7, 11) is -3.11. The van der Waals surface area contributed by atoms with Gasteiger partial charge in [-0.2, -0.15) is 8.42 Å². The molecular weight excluding hydrogens is 248 g/mol. The number of hydrogen-bond donors (Lipinski definition) is 2. The molecule has 0 bridgehead atoms. The van der Waals surface area contributed by atoms with E-state index in [4.69, 9.17) is 14.4 Å². The fraction of sp³-hybridized carbons (Fsp3) is 0.100. The number of ether oxygens (including phenoxy) is 1. The first-order valence-corrected chi connectivity index (χ1v) is 5.85. The van der Waals surface area contributed by atoms with Gasteiger partial charge in [0.1, 0.15) is 10.6 Å². The maximum absolute atomic E-state index is 11.0. The van der Waals surface area contributed by atoms with Gasteiger partial charge in [0.2, 0.25) is 0 Å². The van der Waals surface area contributed by atoms with Gasteiger partial charge in [0.25, 0.3) is 10.1 Å². The van der Waals surface area contributed by atoms with Crippen LogP contribution in [0.15, 0.2) is 29.2 Å². The number of carboxylic acid groups (broad SMARTS) is 1. The topological polar surface area (TPSA) is 101 Å². The van der Waals surface area contributed by atoms with Crippen LogP contribution < -0.4 is 4.74 Å². The molecule has 0 fully saturated rings. The van der Waals surface area contributed by atoms with Crippen LogP contribution in [0.1, 0.15) is 5.56 Å². The van der Waals surface area contributed by atoms with Crippen LogP contribution in [0.3, 0.4) is 0 Å². The third-order valence-electron chi connectivity index (χ3n) is 1.88. The van der Waals surface area contributed by atoms with Crippen molar-refractivity contribution in [1.29, 1.82) is 0 Å². The number of hydrogen-bond acceptors (Lipinski definition) is 4. The van der Waals surface area contributed by atoms with Gasteiger partial charge in [-0.25, -0.2) is 4.79 Å². The molecule has 7 heteroatoms. The molecule has 6 nitrogen and oxygen atoms in total. The maximum Gasteiger partial charge on any atom is 0.328 e. The summed E-state index contributed by atoms with van der Waals surface area (Å²) in [6, 6.07) is 3.79.